The van der Waals surface area contributed by atoms with Crippen molar-refractivity contribution in [1.82, 2.24) is 10.4 Å². The van der Waals surface area contributed by atoms with E-state index in [2.05, 4.69) is 21.8 Å². The zero-order chi connectivity index (χ0) is 9.26. The van der Waals surface area contributed by atoms with Crippen molar-refractivity contribution in [2.45, 2.75) is 38.6 Å². The van der Waals surface area contributed by atoms with Crippen LogP contribution in [0.1, 0.15) is 38.6 Å². The monoisotopic (exact) mass is 183 g/mol. The highest BCUT2D eigenvalue weighted by atomic mass is 16.6. The molecule has 13 heavy (non-hydrogen) atoms. The normalized spacial score (nSPS) is 29.0. The van der Waals surface area contributed by atoms with Gasteiger partial charge in [0.15, 0.2) is 0 Å². The van der Waals surface area contributed by atoms with E-state index >= 15 is 0 Å². The third-order valence-corrected chi connectivity index (χ3v) is 2.75. The third kappa shape index (κ3) is 1.64. The second-order valence-electron chi connectivity index (χ2n) is 3.69. The molecule has 0 aliphatic heterocycles. The number of rotatable bonds is 1. The summed E-state index contributed by atoms with van der Waals surface area (Å²) in [7, 11) is 0. The van der Waals surface area contributed by atoms with Gasteiger partial charge in [-0.25, -0.2) is 0 Å². The van der Waals surface area contributed by atoms with Gasteiger partial charge in [-0.05, 0) is 12.8 Å². The van der Waals surface area contributed by atoms with Crippen molar-refractivity contribution in [2.24, 2.45) is 5.92 Å². The maximum Gasteiger partial charge on any atom is 0.247 e. The van der Waals surface area contributed by atoms with Gasteiger partial charge in [-0.3, -0.25) is 0 Å². The van der Waals surface area contributed by atoms with E-state index in [4.69, 9.17) is 0 Å². The minimum absolute atomic E-state index is 0.250. The fourth-order valence-corrected chi connectivity index (χ4v) is 1.97. The molecule has 0 radical (unpaired) electrons. The van der Waals surface area contributed by atoms with Crippen LogP contribution in [0.5, 0.6) is 6.08 Å². The topological polar surface area (TPSA) is 65.9 Å². The zero-order valence-corrected chi connectivity index (χ0v) is 7.64. The second kappa shape index (κ2) is 3.32. The average Bonchev–Trinajstić information content (AvgIpc) is 2.53. The summed E-state index contributed by atoms with van der Waals surface area (Å²) in [5.74, 6) is 0.538. The maximum atomic E-state index is 10.7. The smallest absolute Gasteiger partial charge is 0.247 e. The van der Waals surface area contributed by atoms with Crippen LogP contribution in [0.2, 0.25) is 0 Å². The molecule has 1 heterocycles. The maximum absolute atomic E-state index is 10.7. The van der Waals surface area contributed by atoms with Crippen molar-refractivity contribution in [3.05, 3.63) is 0 Å². The lowest BCUT2D eigenvalue weighted by Crippen LogP contribution is -2.48. The van der Waals surface area contributed by atoms with Gasteiger partial charge in [0.25, 0.3) is 0 Å². The predicted molar refractivity (Wildman–Crippen MR) is 40.6 cm³/mol. The molecule has 0 bridgehead atoms. The summed E-state index contributed by atoms with van der Waals surface area (Å²) >= 11 is 0. The van der Waals surface area contributed by atoms with E-state index in [1.54, 1.807) is 0 Å². The molecular weight excluding hydrogens is 170 g/mol. The molecule has 0 aromatic carbocycles. The van der Waals surface area contributed by atoms with Crippen molar-refractivity contribution in [3.63, 3.8) is 0 Å². The summed E-state index contributed by atoms with van der Waals surface area (Å²) < 4.78 is 4.41. The lowest BCUT2D eigenvalue weighted by molar-refractivity contribution is -0.840. The van der Waals surface area contributed by atoms with Crippen LogP contribution in [-0.2, 0) is 0 Å². The Morgan fingerprint density at radius 2 is 2.23 bits per heavy atom. The molecule has 1 fully saturated rings. The molecule has 2 atom stereocenters. The number of hydrogen-bond donors (Lipinski definition) is 0. The van der Waals surface area contributed by atoms with E-state index in [0.717, 1.165) is 6.42 Å². The summed E-state index contributed by atoms with van der Waals surface area (Å²) in [5, 5.41) is 18.0. The predicted octanol–water partition coefficient (Wildman–Crippen LogP) is 0.182. The molecule has 0 saturated heterocycles. The minimum atomic E-state index is -0.599. The molecule has 72 valence electrons. The number of hydrogen-bond acceptors (Lipinski definition) is 4. The van der Waals surface area contributed by atoms with Crippen LogP contribution in [0.15, 0.2) is 4.52 Å². The molecule has 0 N–H and O–H groups in total. The first-order chi connectivity index (χ1) is 6.27. The minimum Gasteiger partial charge on any atom is -0.523 e. The molecule has 1 aromatic heterocycles. The standard InChI is InChI=1S/C8H13N3O2/c1-6-4-2-3-5-7(6)11-9-8(12)13-10-11/h6-7H,2-5H2,1H3. The Morgan fingerprint density at radius 3 is 2.85 bits per heavy atom. The third-order valence-electron chi connectivity index (χ3n) is 2.75. The molecule has 5 heteroatoms. The first-order valence-electron chi connectivity index (χ1n) is 4.70. The molecule has 2 unspecified atom stereocenters. The van der Waals surface area contributed by atoms with E-state index in [0.29, 0.717) is 5.92 Å². The summed E-state index contributed by atoms with van der Waals surface area (Å²) in [6, 6.07) is 0.250. The highest BCUT2D eigenvalue weighted by molar-refractivity contribution is 4.67. The highest BCUT2D eigenvalue weighted by Gasteiger charge is 2.32. The van der Waals surface area contributed by atoms with Gasteiger partial charge in [0.2, 0.25) is 12.1 Å². The van der Waals surface area contributed by atoms with Gasteiger partial charge in [0, 0.05) is 22.2 Å². The van der Waals surface area contributed by atoms with Crippen LogP contribution in [-0.4, -0.2) is 10.4 Å². The summed E-state index contributed by atoms with van der Waals surface area (Å²) in [5.41, 5.74) is 0. The van der Waals surface area contributed by atoms with Crippen LogP contribution in [0.3, 0.4) is 0 Å². The lowest BCUT2D eigenvalue weighted by Gasteiger charge is -2.19. The molecule has 1 saturated carbocycles. The fraction of sp³-hybridized carbons (Fsp3) is 0.875. The van der Waals surface area contributed by atoms with E-state index in [-0.39, 0.29) is 6.04 Å². The number of nitrogens with zero attached hydrogens (tertiary/aromatic N) is 3. The van der Waals surface area contributed by atoms with Gasteiger partial charge in [-0.1, -0.05) is 13.3 Å². The van der Waals surface area contributed by atoms with E-state index in [9.17, 15) is 5.11 Å². The van der Waals surface area contributed by atoms with Crippen molar-refractivity contribution in [2.75, 3.05) is 0 Å². The molecule has 1 aliphatic rings. The van der Waals surface area contributed by atoms with Crippen LogP contribution in [0.25, 0.3) is 0 Å². The Morgan fingerprint density at radius 1 is 1.46 bits per heavy atom. The van der Waals surface area contributed by atoms with Crippen molar-refractivity contribution in [1.29, 1.82) is 0 Å². The van der Waals surface area contributed by atoms with Crippen molar-refractivity contribution < 1.29 is 14.4 Å². The second-order valence-corrected chi connectivity index (χ2v) is 3.69. The van der Waals surface area contributed by atoms with Gasteiger partial charge in [0.05, 0.1) is 0 Å². The highest BCUT2D eigenvalue weighted by Crippen LogP contribution is 2.28. The quantitative estimate of drug-likeness (QED) is 0.582. The fourth-order valence-electron chi connectivity index (χ4n) is 1.97. The largest absolute Gasteiger partial charge is 0.523 e. The summed E-state index contributed by atoms with van der Waals surface area (Å²) in [6.07, 6.45) is 4.08. The zero-order valence-electron chi connectivity index (χ0n) is 7.64. The Kier molecular flexibility index (Phi) is 2.16. The molecule has 2 rings (SSSR count). The molecule has 5 nitrogen and oxygen atoms in total. The Hall–Kier alpha value is -1.13. The van der Waals surface area contributed by atoms with Crippen LogP contribution in [0, 0.1) is 5.92 Å². The molecular formula is C8H13N3O2. The molecule has 0 amide bonds. The first-order valence-corrected chi connectivity index (χ1v) is 4.70. The van der Waals surface area contributed by atoms with Gasteiger partial charge < -0.3 is 9.63 Å². The van der Waals surface area contributed by atoms with Crippen LogP contribution < -0.4 is 9.90 Å². The Balaban J connectivity index is 2.14. The molecule has 0 spiro atoms. The van der Waals surface area contributed by atoms with Crippen molar-refractivity contribution >= 4 is 0 Å². The van der Waals surface area contributed by atoms with E-state index < -0.39 is 6.08 Å². The van der Waals surface area contributed by atoms with Crippen LogP contribution >= 0.6 is 0 Å². The van der Waals surface area contributed by atoms with E-state index in [1.165, 1.54) is 24.1 Å². The molecule has 1 aromatic rings. The average molecular weight is 183 g/mol. The lowest BCUT2D eigenvalue weighted by atomic mass is 9.86. The van der Waals surface area contributed by atoms with E-state index in [1.807, 2.05) is 0 Å². The SMILES string of the molecule is CC1CCCCC1[n+]1noc([O-])n1. The first kappa shape index (κ1) is 8.47. The van der Waals surface area contributed by atoms with Gasteiger partial charge in [-0.2, -0.15) is 0 Å². The van der Waals surface area contributed by atoms with Gasteiger partial charge in [0.1, 0.15) is 5.27 Å². The Bertz CT molecular complexity index is 287. The Labute approximate surface area is 76.3 Å². The summed E-state index contributed by atoms with van der Waals surface area (Å²) in [6.45, 7) is 2.16. The van der Waals surface area contributed by atoms with Gasteiger partial charge >= 0.3 is 0 Å². The summed E-state index contributed by atoms with van der Waals surface area (Å²) in [4.78, 5) is 1.44. The van der Waals surface area contributed by atoms with Crippen molar-refractivity contribution in [3.8, 4) is 6.08 Å². The van der Waals surface area contributed by atoms with Crippen LogP contribution in [0.4, 0.5) is 0 Å². The molecule has 1 aliphatic carbocycles. The van der Waals surface area contributed by atoms with Gasteiger partial charge in [-0.15, -0.1) is 0 Å². The number of aromatic nitrogens is 3.